The van der Waals surface area contributed by atoms with E-state index in [1.165, 1.54) is 0 Å². The average molecular weight is 262 g/mol. The van der Waals surface area contributed by atoms with Crippen LogP contribution in [0.4, 0.5) is 0 Å². The number of aromatic nitrogens is 3. The quantitative estimate of drug-likeness (QED) is 0.814. The second kappa shape index (κ2) is 5.54. The van der Waals surface area contributed by atoms with E-state index in [2.05, 4.69) is 15.0 Å². The first-order chi connectivity index (χ1) is 9.33. The number of ether oxygens (including phenoxy) is 2. The zero-order chi connectivity index (χ0) is 13.1. The van der Waals surface area contributed by atoms with Crippen molar-refractivity contribution in [2.45, 2.75) is 6.92 Å². The van der Waals surface area contributed by atoms with Crippen molar-refractivity contribution < 1.29 is 9.47 Å². The number of imidazole rings is 1. The van der Waals surface area contributed by atoms with Crippen LogP contribution < -0.4 is 4.74 Å². The van der Waals surface area contributed by atoms with E-state index in [0.29, 0.717) is 6.61 Å². The highest BCUT2D eigenvalue weighted by molar-refractivity contribution is 5.43. The zero-order valence-electron chi connectivity index (χ0n) is 11.1. The first kappa shape index (κ1) is 12.4. The van der Waals surface area contributed by atoms with Gasteiger partial charge in [0.05, 0.1) is 31.3 Å². The van der Waals surface area contributed by atoms with Gasteiger partial charge in [0.15, 0.2) is 5.65 Å². The molecule has 0 atom stereocenters. The highest BCUT2D eigenvalue weighted by Crippen LogP contribution is 2.12. The lowest BCUT2D eigenvalue weighted by Crippen LogP contribution is -2.38. The molecule has 1 fully saturated rings. The van der Waals surface area contributed by atoms with Crippen LogP contribution in [0.15, 0.2) is 18.5 Å². The number of rotatable bonds is 4. The first-order valence-corrected chi connectivity index (χ1v) is 6.56. The van der Waals surface area contributed by atoms with Gasteiger partial charge < -0.3 is 9.47 Å². The van der Waals surface area contributed by atoms with Gasteiger partial charge in [-0.3, -0.25) is 4.90 Å². The van der Waals surface area contributed by atoms with E-state index in [-0.39, 0.29) is 0 Å². The van der Waals surface area contributed by atoms with E-state index >= 15 is 0 Å². The summed E-state index contributed by atoms with van der Waals surface area (Å²) in [5.74, 6) is 0.770. The lowest BCUT2D eigenvalue weighted by molar-refractivity contribution is 0.0322. The summed E-state index contributed by atoms with van der Waals surface area (Å²) in [7, 11) is 0. The molecule has 0 N–H and O–H groups in total. The minimum Gasteiger partial charge on any atom is -0.490 e. The standard InChI is InChI=1S/C13H18N4O2/c1-11-9-14-13-8-12(10-15-17(11)13)19-7-4-16-2-5-18-6-3-16/h8-10H,2-7H2,1H3. The van der Waals surface area contributed by atoms with E-state index in [1.54, 1.807) is 16.9 Å². The van der Waals surface area contributed by atoms with Crippen LogP contribution >= 0.6 is 0 Å². The van der Waals surface area contributed by atoms with Crippen molar-refractivity contribution in [3.05, 3.63) is 24.2 Å². The van der Waals surface area contributed by atoms with Crippen molar-refractivity contribution >= 4 is 5.65 Å². The summed E-state index contributed by atoms with van der Waals surface area (Å²) in [4.78, 5) is 6.61. The van der Waals surface area contributed by atoms with E-state index in [4.69, 9.17) is 9.47 Å². The topological polar surface area (TPSA) is 51.9 Å². The fraction of sp³-hybridized carbons (Fsp3) is 0.538. The SMILES string of the molecule is Cc1cnc2cc(OCCN3CCOCC3)cnn12. The number of nitrogens with zero attached hydrogens (tertiary/aromatic N) is 4. The zero-order valence-corrected chi connectivity index (χ0v) is 11.1. The molecule has 1 aliphatic heterocycles. The number of hydrogen-bond acceptors (Lipinski definition) is 5. The Balaban J connectivity index is 1.56. The second-order valence-corrected chi connectivity index (χ2v) is 4.66. The molecule has 0 unspecified atom stereocenters. The Labute approximate surface area is 111 Å². The van der Waals surface area contributed by atoms with Crippen molar-refractivity contribution in [3.8, 4) is 5.75 Å². The lowest BCUT2D eigenvalue weighted by Gasteiger charge is -2.26. The van der Waals surface area contributed by atoms with E-state index in [9.17, 15) is 0 Å². The minimum absolute atomic E-state index is 0.664. The molecule has 2 aromatic heterocycles. The Hall–Kier alpha value is -1.66. The molecule has 0 radical (unpaired) electrons. The van der Waals surface area contributed by atoms with Crippen LogP contribution in [0.1, 0.15) is 5.69 Å². The number of fused-ring (bicyclic) bond motifs is 1. The van der Waals surface area contributed by atoms with Gasteiger partial charge in [0.1, 0.15) is 12.4 Å². The highest BCUT2D eigenvalue weighted by Gasteiger charge is 2.10. The Morgan fingerprint density at radius 2 is 2.16 bits per heavy atom. The van der Waals surface area contributed by atoms with Crippen molar-refractivity contribution in [3.63, 3.8) is 0 Å². The van der Waals surface area contributed by atoms with Crippen molar-refractivity contribution in [1.29, 1.82) is 0 Å². The third-order valence-corrected chi connectivity index (χ3v) is 3.29. The Kier molecular flexibility index (Phi) is 3.61. The number of hydrogen-bond donors (Lipinski definition) is 0. The maximum absolute atomic E-state index is 5.73. The molecule has 0 bridgehead atoms. The van der Waals surface area contributed by atoms with Crippen LogP contribution in [0, 0.1) is 6.92 Å². The summed E-state index contributed by atoms with van der Waals surface area (Å²) in [6.45, 7) is 7.17. The third kappa shape index (κ3) is 2.85. The van der Waals surface area contributed by atoms with Gasteiger partial charge in [-0.1, -0.05) is 0 Å². The van der Waals surface area contributed by atoms with E-state index < -0.39 is 0 Å². The van der Waals surface area contributed by atoms with E-state index in [1.807, 2.05) is 13.0 Å². The predicted octanol–water partition coefficient (Wildman–Crippen LogP) is 0.749. The summed E-state index contributed by atoms with van der Waals surface area (Å²) in [5.41, 5.74) is 1.84. The smallest absolute Gasteiger partial charge is 0.157 e. The molecule has 3 rings (SSSR count). The minimum atomic E-state index is 0.664. The van der Waals surface area contributed by atoms with Gasteiger partial charge in [0.2, 0.25) is 0 Å². The fourth-order valence-corrected chi connectivity index (χ4v) is 2.17. The molecule has 3 heterocycles. The van der Waals surface area contributed by atoms with Crippen molar-refractivity contribution in [1.82, 2.24) is 19.5 Å². The number of aryl methyl sites for hydroxylation is 1. The maximum atomic E-state index is 5.73. The normalized spacial score (nSPS) is 16.9. The van der Waals surface area contributed by atoms with Crippen molar-refractivity contribution in [2.24, 2.45) is 0 Å². The van der Waals surface area contributed by atoms with Gasteiger partial charge in [-0.05, 0) is 6.92 Å². The van der Waals surface area contributed by atoms with Gasteiger partial charge in [-0.25, -0.2) is 9.50 Å². The highest BCUT2D eigenvalue weighted by atomic mass is 16.5. The summed E-state index contributed by atoms with van der Waals surface area (Å²) in [5, 5.41) is 4.30. The fourth-order valence-electron chi connectivity index (χ4n) is 2.17. The average Bonchev–Trinajstić information content (AvgIpc) is 2.81. The molecular formula is C13H18N4O2. The monoisotopic (exact) mass is 262 g/mol. The third-order valence-electron chi connectivity index (χ3n) is 3.29. The summed E-state index contributed by atoms with van der Waals surface area (Å²) in [6.07, 6.45) is 3.54. The van der Waals surface area contributed by atoms with Crippen molar-refractivity contribution in [2.75, 3.05) is 39.5 Å². The predicted molar refractivity (Wildman–Crippen MR) is 70.5 cm³/mol. The molecule has 0 spiro atoms. The molecule has 0 aliphatic carbocycles. The van der Waals surface area contributed by atoms with Crippen LogP contribution in [-0.2, 0) is 4.74 Å². The molecule has 6 heteroatoms. The van der Waals surface area contributed by atoms with Crippen LogP contribution in [0.5, 0.6) is 5.75 Å². The maximum Gasteiger partial charge on any atom is 0.157 e. The largest absolute Gasteiger partial charge is 0.490 e. The van der Waals surface area contributed by atoms with Gasteiger partial charge in [-0.2, -0.15) is 5.10 Å². The molecule has 0 aromatic carbocycles. The lowest BCUT2D eigenvalue weighted by atomic mass is 10.4. The van der Waals surface area contributed by atoms with Crippen LogP contribution in [0.3, 0.4) is 0 Å². The molecule has 102 valence electrons. The first-order valence-electron chi connectivity index (χ1n) is 6.56. The molecule has 1 aliphatic rings. The molecular weight excluding hydrogens is 244 g/mol. The van der Waals surface area contributed by atoms with Gasteiger partial charge in [-0.15, -0.1) is 0 Å². The van der Waals surface area contributed by atoms with E-state index in [0.717, 1.165) is 49.9 Å². The van der Waals surface area contributed by atoms with Crippen LogP contribution in [0.25, 0.3) is 5.65 Å². The van der Waals surface area contributed by atoms with Gasteiger partial charge in [0.25, 0.3) is 0 Å². The van der Waals surface area contributed by atoms with Crippen LogP contribution in [0.2, 0.25) is 0 Å². The van der Waals surface area contributed by atoms with Gasteiger partial charge in [0, 0.05) is 25.7 Å². The summed E-state index contributed by atoms with van der Waals surface area (Å²) >= 11 is 0. The second-order valence-electron chi connectivity index (χ2n) is 4.66. The molecule has 6 nitrogen and oxygen atoms in total. The Bertz CT molecular complexity index is 549. The molecule has 0 amide bonds. The molecule has 19 heavy (non-hydrogen) atoms. The molecule has 0 saturated carbocycles. The summed E-state index contributed by atoms with van der Waals surface area (Å²) < 4.78 is 12.8. The number of morpholine rings is 1. The van der Waals surface area contributed by atoms with Crippen LogP contribution in [-0.4, -0.2) is 59.0 Å². The Morgan fingerprint density at radius 1 is 1.32 bits per heavy atom. The Morgan fingerprint density at radius 3 is 3.00 bits per heavy atom. The molecule has 2 aromatic rings. The molecule has 1 saturated heterocycles. The summed E-state index contributed by atoms with van der Waals surface area (Å²) in [6, 6.07) is 1.92. The van der Waals surface area contributed by atoms with Gasteiger partial charge >= 0.3 is 0 Å².